The van der Waals surface area contributed by atoms with Gasteiger partial charge in [0.15, 0.2) is 0 Å². The number of hydrogen-bond donors (Lipinski definition) is 0. The van der Waals surface area contributed by atoms with E-state index in [2.05, 4.69) is 110 Å². The van der Waals surface area contributed by atoms with E-state index < -0.39 is 0 Å². The molecule has 3 aromatic rings. The molecule has 3 aromatic carbocycles. The van der Waals surface area contributed by atoms with Gasteiger partial charge in [0, 0.05) is 5.41 Å². The van der Waals surface area contributed by atoms with Crippen molar-refractivity contribution in [2.45, 2.75) is 58.8 Å². The third-order valence-corrected chi connectivity index (χ3v) is 8.32. The van der Waals surface area contributed by atoms with Crippen LogP contribution < -0.4 is 0 Å². The molecule has 0 spiro atoms. The van der Waals surface area contributed by atoms with Crippen LogP contribution in [0.1, 0.15) is 64.5 Å². The molecular weight excluding hydrogens is 424 g/mol. The molecule has 35 heavy (non-hydrogen) atoms. The lowest BCUT2D eigenvalue weighted by molar-refractivity contribution is 0.265. The third-order valence-electron chi connectivity index (χ3n) is 8.32. The van der Waals surface area contributed by atoms with Gasteiger partial charge in [-0.2, -0.15) is 0 Å². The first-order valence-electron chi connectivity index (χ1n) is 13.9. The second-order valence-electron chi connectivity index (χ2n) is 10.0. The van der Waals surface area contributed by atoms with Crippen LogP contribution in [0.4, 0.5) is 0 Å². The van der Waals surface area contributed by atoms with Crippen LogP contribution in [0.25, 0.3) is 22.3 Å². The monoisotopic (exact) mass is 468 g/mol. The molecule has 0 amide bonds. The molecule has 0 atom stereocenters. The quantitative estimate of drug-likeness (QED) is 0.252. The normalized spacial score (nSPS) is 13.9. The minimum Gasteiger partial charge on any atom is -0.304 e. The summed E-state index contributed by atoms with van der Waals surface area (Å²) < 4.78 is 0. The average Bonchev–Trinajstić information content (AvgIpc) is 3.19. The maximum absolute atomic E-state index is 2.58. The third kappa shape index (κ3) is 5.39. The van der Waals surface area contributed by atoms with E-state index in [1.54, 1.807) is 11.1 Å². The molecule has 0 bridgehead atoms. The lowest BCUT2D eigenvalue weighted by atomic mass is 9.71. The van der Waals surface area contributed by atoms with Crippen LogP contribution in [0, 0.1) is 0 Å². The van der Waals surface area contributed by atoms with Crippen LogP contribution in [0.2, 0.25) is 0 Å². The molecule has 0 unspecified atom stereocenters. The van der Waals surface area contributed by atoms with Crippen molar-refractivity contribution in [3.05, 3.63) is 83.9 Å². The van der Waals surface area contributed by atoms with E-state index in [-0.39, 0.29) is 5.41 Å². The minimum atomic E-state index is 0.0943. The van der Waals surface area contributed by atoms with Crippen molar-refractivity contribution in [2.24, 2.45) is 0 Å². The van der Waals surface area contributed by atoms with Crippen LogP contribution in [0.15, 0.2) is 72.8 Å². The summed E-state index contributed by atoms with van der Waals surface area (Å²) in [5, 5.41) is 0. The molecule has 0 saturated carbocycles. The van der Waals surface area contributed by atoms with E-state index in [4.69, 9.17) is 0 Å². The van der Waals surface area contributed by atoms with E-state index in [9.17, 15) is 0 Å². The fraction of sp³-hybridized carbons (Fsp3) is 0.455. The Kier molecular flexibility index (Phi) is 8.81. The summed E-state index contributed by atoms with van der Waals surface area (Å²) in [6.07, 6.45) is 4.89. The fourth-order valence-electron chi connectivity index (χ4n) is 6.22. The Morgan fingerprint density at radius 1 is 0.543 bits per heavy atom. The van der Waals surface area contributed by atoms with E-state index in [1.807, 2.05) is 0 Å². The summed E-state index contributed by atoms with van der Waals surface area (Å²) in [4.78, 5) is 5.15. The predicted molar refractivity (Wildman–Crippen MR) is 152 cm³/mol. The molecule has 0 fully saturated rings. The highest BCUT2D eigenvalue weighted by molar-refractivity contribution is 5.83. The lowest BCUT2D eigenvalue weighted by Crippen LogP contribution is -2.31. The maximum atomic E-state index is 2.58. The van der Waals surface area contributed by atoms with Gasteiger partial charge in [-0.05, 0) is 104 Å². The molecule has 4 rings (SSSR count). The first-order valence-corrected chi connectivity index (χ1v) is 13.9. The van der Waals surface area contributed by atoms with Crippen LogP contribution >= 0.6 is 0 Å². The van der Waals surface area contributed by atoms with Gasteiger partial charge in [-0.3, -0.25) is 0 Å². The van der Waals surface area contributed by atoms with E-state index >= 15 is 0 Å². The lowest BCUT2D eigenvalue weighted by Gasteiger charge is -2.34. The second kappa shape index (κ2) is 12.0. The van der Waals surface area contributed by atoms with Gasteiger partial charge in [0.1, 0.15) is 0 Å². The van der Waals surface area contributed by atoms with Gasteiger partial charge in [0.25, 0.3) is 0 Å². The Labute approximate surface area is 214 Å². The Balaban J connectivity index is 1.75. The summed E-state index contributed by atoms with van der Waals surface area (Å²) in [6, 6.07) is 27.4. The smallest absolute Gasteiger partial charge is 0.0216 e. The maximum Gasteiger partial charge on any atom is 0.0216 e. The van der Waals surface area contributed by atoms with Crippen LogP contribution in [0.5, 0.6) is 0 Å². The summed E-state index contributed by atoms with van der Waals surface area (Å²) in [6.45, 7) is 16.1. The highest BCUT2D eigenvalue weighted by atomic mass is 15.1. The van der Waals surface area contributed by atoms with Gasteiger partial charge in [-0.15, -0.1) is 0 Å². The highest BCUT2D eigenvalue weighted by Gasteiger charge is 2.42. The number of fused-ring (bicyclic) bond motifs is 3. The summed E-state index contributed by atoms with van der Waals surface area (Å²) in [5.41, 5.74) is 8.76. The van der Waals surface area contributed by atoms with Crippen molar-refractivity contribution >= 4 is 0 Å². The van der Waals surface area contributed by atoms with Crippen LogP contribution in [-0.4, -0.2) is 49.1 Å². The second-order valence-corrected chi connectivity index (χ2v) is 10.0. The molecule has 0 radical (unpaired) electrons. The number of rotatable bonds is 13. The molecule has 186 valence electrons. The van der Waals surface area contributed by atoms with Gasteiger partial charge in [-0.1, -0.05) is 94.4 Å². The van der Waals surface area contributed by atoms with E-state index in [0.717, 1.165) is 26.2 Å². The van der Waals surface area contributed by atoms with Gasteiger partial charge in [0.2, 0.25) is 0 Å². The van der Waals surface area contributed by atoms with Gasteiger partial charge < -0.3 is 9.80 Å². The Hall–Kier alpha value is -2.42. The highest BCUT2D eigenvalue weighted by Crippen LogP contribution is 2.54. The summed E-state index contributed by atoms with van der Waals surface area (Å²) >= 11 is 0. The fourth-order valence-corrected chi connectivity index (χ4v) is 6.22. The van der Waals surface area contributed by atoms with Crippen LogP contribution in [-0.2, 0) is 5.41 Å². The van der Waals surface area contributed by atoms with Crippen molar-refractivity contribution in [1.82, 2.24) is 9.80 Å². The van der Waals surface area contributed by atoms with Crippen molar-refractivity contribution in [1.29, 1.82) is 0 Å². The van der Waals surface area contributed by atoms with E-state index in [1.165, 1.54) is 61.0 Å². The molecule has 0 saturated heterocycles. The van der Waals surface area contributed by atoms with Crippen molar-refractivity contribution in [3.63, 3.8) is 0 Å². The van der Waals surface area contributed by atoms with Crippen molar-refractivity contribution in [3.8, 4) is 22.3 Å². The SMILES string of the molecule is CCN(CC)CCCC1(CCCN(CC)CC)c2ccccc2-c2ccc(-c3ccccc3)cc21. The molecule has 0 N–H and O–H groups in total. The average molecular weight is 469 g/mol. The topological polar surface area (TPSA) is 6.48 Å². The molecule has 2 heteroatoms. The molecule has 0 aromatic heterocycles. The Bertz CT molecular complexity index is 1050. The largest absolute Gasteiger partial charge is 0.304 e. The first kappa shape index (κ1) is 25.7. The molecule has 0 heterocycles. The van der Waals surface area contributed by atoms with Crippen LogP contribution in [0.3, 0.4) is 0 Å². The van der Waals surface area contributed by atoms with Crippen molar-refractivity contribution < 1.29 is 0 Å². The summed E-state index contributed by atoms with van der Waals surface area (Å²) in [5.74, 6) is 0. The predicted octanol–water partition coefficient (Wildman–Crippen LogP) is 7.86. The number of hydrogen-bond acceptors (Lipinski definition) is 2. The molecular formula is C33H44N2. The minimum absolute atomic E-state index is 0.0943. The zero-order valence-corrected chi connectivity index (χ0v) is 22.4. The standard InChI is InChI=1S/C33H44N2/c1-5-34(6-2)24-14-22-33(23-15-25-35(7-3)8-4)31-19-13-12-18-29(31)30-21-20-28(26-32(30)33)27-16-10-9-11-17-27/h9-13,16-21,26H,5-8,14-15,22-25H2,1-4H3. The van der Waals surface area contributed by atoms with E-state index in [0.29, 0.717) is 0 Å². The van der Waals surface area contributed by atoms with Gasteiger partial charge >= 0.3 is 0 Å². The Morgan fingerprint density at radius 3 is 1.69 bits per heavy atom. The summed E-state index contributed by atoms with van der Waals surface area (Å²) in [7, 11) is 0. The zero-order chi connectivity index (χ0) is 24.7. The van der Waals surface area contributed by atoms with Gasteiger partial charge in [0.05, 0.1) is 0 Å². The zero-order valence-electron chi connectivity index (χ0n) is 22.4. The number of benzene rings is 3. The Morgan fingerprint density at radius 2 is 1.09 bits per heavy atom. The molecule has 2 nitrogen and oxygen atoms in total. The molecule has 1 aliphatic carbocycles. The van der Waals surface area contributed by atoms with Crippen molar-refractivity contribution in [2.75, 3.05) is 39.3 Å². The van der Waals surface area contributed by atoms with Gasteiger partial charge in [-0.25, -0.2) is 0 Å². The molecule has 1 aliphatic rings. The molecule has 0 aliphatic heterocycles. The first-order chi connectivity index (χ1) is 17.2. The number of nitrogens with zero attached hydrogens (tertiary/aromatic N) is 2.